The third-order valence-electron chi connectivity index (χ3n) is 6.33. The van der Waals surface area contributed by atoms with E-state index in [1.807, 2.05) is 17.9 Å². The number of rotatable bonds is 8. The Labute approximate surface area is 189 Å². The summed E-state index contributed by atoms with van der Waals surface area (Å²) in [6.45, 7) is 5.60. The van der Waals surface area contributed by atoms with Crippen LogP contribution in [0.25, 0.3) is 10.4 Å². The predicted molar refractivity (Wildman–Crippen MR) is 127 cm³/mol. The molecule has 1 aliphatic heterocycles. The maximum absolute atomic E-state index is 13.4. The highest BCUT2D eigenvalue weighted by atomic mass is 32.1. The molecule has 0 aliphatic carbocycles. The van der Waals surface area contributed by atoms with E-state index in [2.05, 4.69) is 70.2 Å². The van der Waals surface area contributed by atoms with Crippen LogP contribution in [0, 0.1) is 5.41 Å². The third-order valence-corrected chi connectivity index (χ3v) is 7.23. The largest absolute Gasteiger partial charge is 0.356 e. The number of likely N-dealkylation sites (tertiary alicyclic amines) is 1. The van der Waals surface area contributed by atoms with Crippen LogP contribution in [-0.2, 0) is 24.8 Å². The van der Waals surface area contributed by atoms with Crippen molar-refractivity contribution >= 4 is 17.2 Å². The molecule has 0 bridgehead atoms. The molecule has 5 nitrogen and oxygen atoms in total. The van der Waals surface area contributed by atoms with E-state index in [1.165, 1.54) is 21.6 Å². The lowest BCUT2D eigenvalue weighted by Crippen LogP contribution is -2.50. The molecular formula is C25H32N4OS. The molecule has 0 atom stereocenters. The van der Waals surface area contributed by atoms with Crippen molar-refractivity contribution in [1.29, 1.82) is 0 Å². The van der Waals surface area contributed by atoms with E-state index in [9.17, 15) is 4.79 Å². The predicted octanol–water partition coefficient (Wildman–Crippen LogP) is 4.50. The van der Waals surface area contributed by atoms with Gasteiger partial charge in [-0.1, -0.05) is 37.3 Å². The maximum atomic E-state index is 13.4. The third kappa shape index (κ3) is 5.08. The van der Waals surface area contributed by atoms with E-state index in [-0.39, 0.29) is 11.3 Å². The minimum Gasteiger partial charge on any atom is -0.356 e. The fraction of sp³-hybridized carbons (Fsp3) is 0.440. The van der Waals surface area contributed by atoms with Crippen molar-refractivity contribution in [2.75, 3.05) is 19.6 Å². The minimum absolute atomic E-state index is 0.219. The van der Waals surface area contributed by atoms with Crippen molar-refractivity contribution in [2.24, 2.45) is 12.5 Å². The van der Waals surface area contributed by atoms with Gasteiger partial charge in [0.15, 0.2) is 0 Å². The Morgan fingerprint density at radius 2 is 2.00 bits per heavy atom. The highest BCUT2D eigenvalue weighted by Gasteiger charge is 2.41. The summed E-state index contributed by atoms with van der Waals surface area (Å²) < 4.78 is 1.85. The molecular weight excluding hydrogens is 404 g/mol. The molecule has 0 spiro atoms. The Balaban J connectivity index is 1.54. The van der Waals surface area contributed by atoms with E-state index in [4.69, 9.17) is 0 Å². The molecule has 0 radical (unpaired) electrons. The van der Waals surface area contributed by atoms with Crippen molar-refractivity contribution in [1.82, 2.24) is 20.0 Å². The first-order valence-corrected chi connectivity index (χ1v) is 12.1. The van der Waals surface area contributed by atoms with Crippen LogP contribution < -0.4 is 5.32 Å². The Morgan fingerprint density at radius 3 is 2.68 bits per heavy atom. The molecule has 0 saturated carbocycles. The summed E-state index contributed by atoms with van der Waals surface area (Å²) in [5.74, 6) is 0.219. The van der Waals surface area contributed by atoms with Gasteiger partial charge < -0.3 is 5.32 Å². The standard InChI is InChI=1S/C25H32N4OS/c1-3-12-26-24(30)25(10-13-29(14-11-25)19-20-17-27-28(2)18-20)16-21-7-4-5-8-22(21)23-9-6-15-31-23/h4-9,15,17-18H,3,10-14,16,19H2,1-2H3,(H,26,30). The highest BCUT2D eigenvalue weighted by molar-refractivity contribution is 7.13. The molecule has 1 N–H and O–H groups in total. The zero-order valence-corrected chi connectivity index (χ0v) is 19.3. The summed E-state index contributed by atoms with van der Waals surface area (Å²) in [6.07, 6.45) is 7.52. The van der Waals surface area contributed by atoms with Crippen molar-refractivity contribution in [3.8, 4) is 10.4 Å². The molecule has 3 heterocycles. The molecule has 164 valence electrons. The number of hydrogen-bond acceptors (Lipinski definition) is 4. The number of nitrogens with one attached hydrogen (secondary N) is 1. The second-order valence-electron chi connectivity index (χ2n) is 8.65. The van der Waals surface area contributed by atoms with E-state index < -0.39 is 0 Å². The second-order valence-corrected chi connectivity index (χ2v) is 9.59. The van der Waals surface area contributed by atoms with Crippen LogP contribution in [0.2, 0.25) is 0 Å². The van der Waals surface area contributed by atoms with Crippen molar-refractivity contribution in [2.45, 2.75) is 39.2 Å². The van der Waals surface area contributed by atoms with E-state index in [0.29, 0.717) is 0 Å². The lowest BCUT2D eigenvalue weighted by molar-refractivity contribution is -0.134. The number of benzene rings is 1. The fourth-order valence-corrected chi connectivity index (χ4v) is 5.36. The summed E-state index contributed by atoms with van der Waals surface area (Å²) in [5, 5.41) is 9.62. The molecule has 1 aromatic carbocycles. The highest BCUT2D eigenvalue weighted by Crippen LogP contribution is 2.39. The SMILES string of the molecule is CCCNC(=O)C1(Cc2ccccc2-c2cccs2)CCN(Cc2cnn(C)c2)CC1. The van der Waals surface area contributed by atoms with Gasteiger partial charge in [-0.3, -0.25) is 14.4 Å². The first-order valence-electron chi connectivity index (χ1n) is 11.2. The van der Waals surface area contributed by atoms with Crippen LogP contribution in [0.4, 0.5) is 0 Å². The number of piperidine rings is 1. The average molecular weight is 437 g/mol. The minimum atomic E-state index is -0.353. The van der Waals surface area contributed by atoms with Gasteiger partial charge in [-0.15, -0.1) is 11.3 Å². The molecule has 3 aromatic rings. The van der Waals surface area contributed by atoms with Crippen LogP contribution in [0.15, 0.2) is 54.2 Å². The molecule has 1 fully saturated rings. The van der Waals surface area contributed by atoms with Gasteiger partial charge in [0.05, 0.1) is 11.6 Å². The number of amides is 1. The molecule has 1 aliphatic rings. The Kier molecular flexibility index (Phi) is 6.88. The summed E-state index contributed by atoms with van der Waals surface area (Å²) in [4.78, 5) is 17.1. The molecule has 2 aromatic heterocycles. The summed E-state index contributed by atoms with van der Waals surface area (Å²) in [5.41, 5.74) is 3.41. The summed E-state index contributed by atoms with van der Waals surface area (Å²) in [7, 11) is 1.95. The summed E-state index contributed by atoms with van der Waals surface area (Å²) >= 11 is 1.76. The fourth-order valence-electron chi connectivity index (χ4n) is 4.57. The van der Waals surface area contributed by atoms with Gasteiger partial charge in [0.2, 0.25) is 5.91 Å². The van der Waals surface area contributed by atoms with Gasteiger partial charge in [0.25, 0.3) is 0 Å². The second kappa shape index (κ2) is 9.79. The van der Waals surface area contributed by atoms with Gasteiger partial charge in [-0.25, -0.2) is 0 Å². The van der Waals surface area contributed by atoms with Gasteiger partial charge in [0.1, 0.15) is 0 Å². The van der Waals surface area contributed by atoms with Gasteiger partial charge >= 0.3 is 0 Å². The number of hydrogen-bond donors (Lipinski definition) is 1. The number of carbonyl (C=O) groups excluding carboxylic acids is 1. The first kappa shape index (κ1) is 21.8. The normalized spacial score (nSPS) is 16.3. The van der Waals surface area contributed by atoms with Gasteiger partial charge in [0, 0.05) is 36.8 Å². The maximum Gasteiger partial charge on any atom is 0.226 e. The van der Waals surface area contributed by atoms with Gasteiger partial charge in [-0.2, -0.15) is 5.10 Å². The van der Waals surface area contributed by atoms with E-state index in [0.717, 1.165) is 51.9 Å². The molecule has 1 amide bonds. The lowest BCUT2D eigenvalue weighted by atomic mass is 9.72. The van der Waals surface area contributed by atoms with Crippen LogP contribution >= 0.6 is 11.3 Å². The topological polar surface area (TPSA) is 50.2 Å². The monoisotopic (exact) mass is 436 g/mol. The quantitative estimate of drug-likeness (QED) is 0.566. The van der Waals surface area contributed by atoms with Gasteiger partial charge in [-0.05, 0) is 61.3 Å². The molecule has 31 heavy (non-hydrogen) atoms. The first-order chi connectivity index (χ1) is 15.1. The zero-order chi connectivity index (χ0) is 21.7. The van der Waals surface area contributed by atoms with E-state index in [1.54, 1.807) is 11.3 Å². The van der Waals surface area contributed by atoms with Crippen LogP contribution in [-0.4, -0.2) is 40.2 Å². The number of thiophene rings is 1. The van der Waals surface area contributed by atoms with Crippen LogP contribution in [0.5, 0.6) is 0 Å². The number of aromatic nitrogens is 2. The van der Waals surface area contributed by atoms with E-state index >= 15 is 0 Å². The average Bonchev–Trinajstić information content (AvgIpc) is 3.46. The Hall–Kier alpha value is -2.44. The van der Waals surface area contributed by atoms with Crippen LogP contribution in [0.3, 0.4) is 0 Å². The van der Waals surface area contributed by atoms with Crippen molar-refractivity contribution in [3.63, 3.8) is 0 Å². The summed E-state index contributed by atoms with van der Waals surface area (Å²) in [6, 6.07) is 12.9. The number of aryl methyl sites for hydroxylation is 1. The van der Waals surface area contributed by atoms with Crippen LogP contribution in [0.1, 0.15) is 37.3 Å². The zero-order valence-electron chi connectivity index (χ0n) is 18.5. The molecule has 6 heteroatoms. The number of carbonyl (C=O) groups is 1. The Bertz CT molecular complexity index is 987. The molecule has 0 unspecified atom stereocenters. The number of nitrogens with zero attached hydrogens (tertiary/aromatic N) is 3. The van der Waals surface area contributed by atoms with Crippen molar-refractivity contribution < 1.29 is 4.79 Å². The smallest absolute Gasteiger partial charge is 0.226 e. The van der Waals surface area contributed by atoms with Crippen molar-refractivity contribution in [3.05, 3.63) is 65.3 Å². The molecule has 1 saturated heterocycles. The Morgan fingerprint density at radius 1 is 1.19 bits per heavy atom. The molecule has 4 rings (SSSR count). The lowest BCUT2D eigenvalue weighted by Gasteiger charge is -2.41.